The summed E-state index contributed by atoms with van der Waals surface area (Å²) in [7, 11) is 0. The highest BCUT2D eigenvalue weighted by Crippen LogP contribution is 2.37. The largest absolute Gasteiger partial charge is 0.416 e. The van der Waals surface area contributed by atoms with Crippen LogP contribution in [-0.2, 0) is 22.3 Å². The van der Waals surface area contributed by atoms with E-state index in [4.69, 9.17) is 0 Å². The molecule has 0 aliphatic carbocycles. The van der Waals surface area contributed by atoms with Crippen molar-refractivity contribution in [3.05, 3.63) is 59.7 Å². The zero-order chi connectivity index (χ0) is 23.6. The molecular formula is C24H27F3N4O2. The van der Waals surface area contributed by atoms with Gasteiger partial charge in [-0.05, 0) is 43.7 Å². The van der Waals surface area contributed by atoms with Crippen LogP contribution in [0.5, 0.6) is 0 Å². The van der Waals surface area contributed by atoms with Gasteiger partial charge in [0.1, 0.15) is 6.54 Å². The molecule has 2 aliphatic heterocycles. The van der Waals surface area contributed by atoms with Crippen LogP contribution in [0.2, 0.25) is 0 Å². The first-order valence-electron chi connectivity index (χ1n) is 11.0. The Balaban J connectivity index is 1.45. The lowest BCUT2D eigenvalue weighted by Gasteiger charge is -2.35. The van der Waals surface area contributed by atoms with E-state index in [1.54, 1.807) is 6.92 Å². The minimum Gasteiger partial charge on any atom is -0.323 e. The molecular weight excluding hydrogens is 433 g/mol. The number of rotatable bonds is 4. The second-order valence-electron chi connectivity index (χ2n) is 8.53. The van der Waals surface area contributed by atoms with Gasteiger partial charge in [-0.2, -0.15) is 13.2 Å². The lowest BCUT2D eigenvalue weighted by molar-refractivity contribution is -0.137. The van der Waals surface area contributed by atoms with Gasteiger partial charge in [0.15, 0.2) is 0 Å². The van der Waals surface area contributed by atoms with Crippen molar-refractivity contribution in [2.45, 2.75) is 32.1 Å². The molecule has 1 atom stereocenters. The number of hydrogen-bond acceptors (Lipinski definition) is 4. The van der Waals surface area contributed by atoms with Gasteiger partial charge in [0, 0.05) is 26.2 Å². The summed E-state index contributed by atoms with van der Waals surface area (Å²) in [5.41, 5.74) is 0.672. The number of carbonyl (C=O) groups excluding carboxylic acids is 2. The molecule has 0 aromatic heterocycles. The highest BCUT2D eigenvalue weighted by Gasteiger charge is 2.36. The predicted molar refractivity (Wildman–Crippen MR) is 120 cm³/mol. The number of hydrogen-bond donors (Lipinski definition) is 1. The molecule has 0 radical (unpaired) electrons. The topological polar surface area (TPSA) is 55.9 Å². The van der Waals surface area contributed by atoms with Gasteiger partial charge in [0.2, 0.25) is 11.8 Å². The lowest BCUT2D eigenvalue weighted by Crippen LogP contribution is -2.52. The summed E-state index contributed by atoms with van der Waals surface area (Å²) < 4.78 is 39.3. The van der Waals surface area contributed by atoms with E-state index in [1.807, 2.05) is 18.2 Å². The van der Waals surface area contributed by atoms with Crippen molar-refractivity contribution >= 4 is 23.2 Å². The maximum absolute atomic E-state index is 13.3. The Hall–Kier alpha value is -2.91. The van der Waals surface area contributed by atoms with E-state index >= 15 is 0 Å². The molecule has 2 heterocycles. The molecule has 0 spiro atoms. The molecule has 176 valence electrons. The number of fused-ring (bicyclic) bond motifs is 1. The third kappa shape index (κ3) is 5.36. The number of alkyl halides is 3. The van der Waals surface area contributed by atoms with Crippen LogP contribution >= 0.6 is 0 Å². The highest BCUT2D eigenvalue weighted by atomic mass is 19.4. The van der Waals surface area contributed by atoms with Crippen LogP contribution in [0.25, 0.3) is 0 Å². The third-order valence-electron chi connectivity index (χ3n) is 6.23. The van der Waals surface area contributed by atoms with Crippen molar-refractivity contribution in [2.24, 2.45) is 0 Å². The molecule has 1 fully saturated rings. The fourth-order valence-electron chi connectivity index (χ4n) is 4.42. The van der Waals surface area contributed by atoms with Crippen LogP contribution in [0.1, 0.15) is 24.5 Å². The van der Waals surface area contributed by atoms with Crippen LogP contribution in [0.3, 0.4) is 0 Å². The minimum atomic E-state index is -4.53. The van der Waals surface area contributed by atoms with E-state index in [0.29, 0.717) is 12.2 Å². The average molecular weight is 461 g/mol. The van der Waals surface area contributed by atoms with Crippen molar-refractivity contribution in [2.75, 3.05) is 42.9 Å². The maximum atomic E-state index is 13.3. The quantitative estimate of drug-likeness (QED) is 0.758. The van der Waals surface area contributed by atoms with Gasteiger partial charge in [0.05, 0.1) is 23.0 Å². The number of carbonyl (C=O) groups is 2. The van der Waals surface area contributed by atoms with E-state index < -0.39 is 23.7 Å². The van der Waals surface area contributed by atoms with Crippen LogP contribution in [0.15, 0.2) is 48.5 Å². The summed E-state index contributed by atoms with van der Waals surface area (Å²) >= 11 is 0. The Morgan fingerprint density at radius 1 is 1.06 bits per heavy atom. The van der Waals surface area contributed by atoms with Crippen molar-refractivity contribution in [3.8, 4) is 0 Å². The zero-order valence-corrected chi connectivity index (χ0v) is 18.4. The number of anilines is 2. The van der Waals surface area contributed by atoms with Crippen LogP contribution < -0.4 is 10.2 Å². The van der Waals surface area contributed by atoms with Crippen molar-refractivity contribution in [1.82, 2.24) is 9.80 Å². The fourth-order valence-corrected chi connectivity index (χ4v) is 4.42. The molecule has 0 saturated carbocycles. The molecule has 33 heavy (non-hydrogen) atoms. The Labute approximate surface area is 191 Å². The first-order valence-corrected chi connectivity index (χ1v) is 11.0. The number of halogens is 3. The van der Waals surface area contributed by atoms with Gasteiger partial charge >= 0.3 is 6.18 Å². The molecule has 4 rings (SSSR count). The highest BCUT2D eigenvalue weighted by molar-refractivity contribution is 6.11. The smallest absolute Gasteiger partial charge is 0.323 e. The molecule has 1 unspecified atom stereocenters. The van der Waals surface area contributed by atoms with Crippen LogP contribution in [0.4, 0.5) is 24.5 Å². The molecule has 1 saturated heterocycles. The van der Waals surface area contributed by atoms with Crippen molar-refractivity contribution < 1.29 is 22.8 Å². The normalized spacial score (nSPS) is 18.9. The Kier molecular flexibility index (Phi) is 6.71. The number of benzene rings is 2. The summed E-state index contributed by atoms with van der Waals surface area (Å²) in [6.07, 6.45) is -3.63. The van der Waals surface area contributed by atoms with E-state index in [9.17, 15) is 22.8 Å². The van der Waals surface area contributed by atoms with Crippen LogP contribution in [-0.4, -0.2) is 60.4 Å². The van der Waals surface area contributed by atoms with Gasteiger partial charge in [-0.1, -0.05) is 30.3 Å². The monoisotopic (exact) mass is 460 g/mol. The number of nitrogens with one attached hydrogen (secondary N) is 1. The molecule has 2 aliphatic rings. The van der Waals surface area contributed by atoms with Gasteiger partial charge in [-0.25, -0.2) is 0 Å². The summed E-state index contributed by atoms with van der Waals surface area (Å²) in [5, 5.41) is 2.46. The molecule has 0 bridgehead atoms. The lowest BCUT2D eigenvalue weighted by atomic mass is 10.1. The Morgan fingerprint density at radius 2 is 1.82 bits per heavy atom. The first-order chi connectivity index (χ1) is 15.7. The van der Waals surface area contributed by atoms with E-state index in [2.05, 4.69) is 27.2 Å². The fraction of sp³-hybridized carbons (Fsp3) is 0.417. The molecule has 2 aromatic carbocycles. The predicted octanol–water partition coefficient (Wildman–Crippen LogP) is 3.59. The SMILES string of the molecule is CC(C(=O)N1CC(=O)Nc2cc(C(F)(F)F)ccc21)N1CCCN(Cc2ccccc2)CC1. The molecule has 9 heteroatoms. The van der Waals surface area contributed by atoms with Crippen molar-refractivity contribution in [1.29, 1.82) is 0 Å². The zero-order valence-electron chi connectivity index (χ0n) is 18.4. The summed E-state index contributed by atoms with van der Waals surface area (Å²) in [5.74, 6) is -0.797. The molecule has 1 N–H and O–H groups in total. The average Bonchev–Trinajstić information content (AvgIpc) is 3.02. The maximum Gasteiger partial charge on any atom is 0.416 e. The minimum absolute atomic E-state index is 0.00604. The van der Waals surface area contributed by atoms with Crippen molar-refractivity contribution in [3.63, 3.8) is 0 Å². The van der Waals surface area contributed by atoms with Gasteiger partial charge < -0.3 is 5.32 Å². The second-order valence-corrected chi connectivity index (χ2v) is 8.53. The number of nitrogens with zero attached hydrogens (tertiary/aromatic N) is 3. The first kappa shape index (κ1) is 23.3. The summed E-state index contributed by atoms with van der Waals surface area (Å²) in [6.45, 7) is 5.58. The standard InChI is InChI=1S/C24H27F3N4O2/c1-17(30-11-5-10-29(12-13-30)15-18-6-3-2-4-7-18)23(33)31-16-22(32)28-20-14-19(24(25,26)27)8-9-21(20)31/h2-4,6-9,14,17H,5,10-13,15-16H2,1H3,(H,28,32). The van der Waals surface area contributed by atoms with Crippen LogP contribution in [0, 0.1) is 0 Å². The van der Waals surface area contributed by atoms with Gasteiger partial charge in [-0.15, -0.1) is 0 Å². The second kappa shape index (κ2) is 9.52. The van der Waals surface area contributed by atoms with Gasteiger partial charge in [0.25, 0.3) is 0 Å². The Bertz CT molecular complexity index is 1010. The van der Waals surface area contributed by atoms with E-state index in [1.165, 1.54) is 16.5 Å². The molecule has 6 nitrogen and oxygen atoms in total. The van der Waals surface area contributed by atoms with E-state index in [-0.39, 0.29) is 18.1 Å². The summed E-state index contributed by atoms with van der Waals surface area (Å²) in [4.78, 5) is 31.2. The third-order valence-corrected chi connectivity index (χ3v) is 6.23. The Morgan fingerprint density at radius 3 is 2.55 bits per heavy atom. The molecule has 2 amide bonds. The number of amides is 2. The summed E-state index contributed by atoms with van der Waals surface area (Å²) in [6, 6.07) is 12.8. The van der Waals surface area contributed by atoms with Gasteiger partial charge in [-0.3, -0.25) is 24.3 Å². The molecule has 2 aromatic rings. The van der Waals surface area contributed by atoms with E-state index in [0.717, 1.165) is 44.7 Å².